The number of carbonyl (C=O) groups is 4. The number of benzene rings is 2. The smallest absolute Gasteiger partial charge is 0.338 e. The summed E-state index contributed by atoms with van der Waals surface area (Å²) in [6, 6.07) is 13.1. The minimum Gasteiger partial charge on any atom is -0.449 e. The van der Waals surface area contributed by atoms with Crippen molar-refractivity contribution < 1.29 is 23.9 Å². The molecule has 2 aromatic carbocycles. The molecule has 1 atom stereocenters. The average molecular weight is 408 g/mol. The van der Waals surface area contributed by atoms with Gasteiger partial charge in [0.05, 0.1) is 16.7 Å². The van der Waals surface area contributed by atoms with Gasteiger partial charge in [-0.3, -0.25) is 19.3 Å². The van der Waals surface area contributed by atoms with Crippen LogP contribution in [0.1, 0.15) is 58.3 Å². The van der Waals surface area contributed by atoms with Crippen LogP contribution in [0.15, 0.2) is 48.5 Å². The van der Waals surface area contributed by atoms with E-state index in [1.54, 1.807) is 24.3 Å². The molecule has 1 aliphatic rings. The van der Waals surface area contributed by atoms with Crippen LogP contribution in [-0.4, -0.2) is 41.2 Å². The lowest BCUT2D eigenvalue weighted by atomic mass is 10.1. The summed E-state index contributed by atoms with van der Waals surface area (Å²) in [7, 11) is 0. The zero-order valence-electron chi connectivity index (χ0n) is 17.2. The Hall–Kier alpha value is -3.48. The van der Waals surface area contributed by atoms with Crippen LogP contribution in [0, 0.1) is 5.92 Å². The van der Waals surface area contributed by atoms with E-state index < -0.39 is 23.9 Å². The van der Waals surface area contributed by atoms with Gasteiger partial charge >= 0.3 is 5.97 Å². The van der Waals surface area contributed by atoms with Crippen LogP contribution in [0.4, 0.5) is 5.69 Å². The maximum atomic E-state index is 12.6. The van der Waals surface area contributed by atoms with Crippen LogP contribution in [0.25, 0.3) is 0 Å². The predicted molar refractivity (Wildman–Crippen MR) is 111 cm³/mol. The summed E-state index contributed by atoms with van der Waals surface area (Å²) in [4.78, 5) is 51.0. The number of nitrogens with one attached hydrogen (secondary N) is 1. The van der Waals surface area contributed by atoms with Gasteiger partial charge in [0.2, 0.25) is 0 Å². The van der Waals surface area contributed by atoms with E-state index in [0.717, 1.165) is 0 Å². The first-order valence-corrected chi connectivity index (χ1v) is 9.85. The molecule has 0 bridgehead atoms. The van der Waals surface area contributed by atoms with Gasteiger partial charge < -0.3 is 10.1 Å². The Labute approximate surface area is 175 Å². The molecule has 1 heterocycles. The van der Waals surface area contributed by atoms with Crippen molar-refractivity contribution in [1.29, 1.82) is 0 Å². The van der Waals surface area contributed by atoms with E-state index in [1.807, 2.05) is 19.9 Å². The van der Waals surface area contributed by atoms with Crippen LogP contribution in [0.5, 0.6) is 0 Å². The fourth-order valence-corrected chi connectivity index (χ4v) is 3.06. The lowest BCUT2D eigenvalue weighted by Gasteiger charge is -2.14. The largest absolute Gasteiger partial charge is 0.449 e. The predicted octanol–water partition coefficient (Wildman–Crippen LogP) is 3.51. The fourth-order valence-electron chi connectivity index (χ4n) is 3.06. The molecular weight excluding hydrogens is 384 g/mol. The Morgan fingerprint density at radius 2 is 1.63 bits per heavy atom. The van der Waals surface area contributed by atoms with Crippen molar-refractivity contribution in [2.75, 3.05) is 11.9 Å². The minimum absolute atomic E-state index is 0.111. The highest BCUT2D eigenvalue weighted by atomic mass is 16.5. The molecule has 0 unspecified atom stereocenters. The lowest BCUT2D eigenvalue weighted by Crippen LogP contribution is -2.31. The molecule has 0 saturated heterocycles. The third-order valence-electron chi connectivity index (χ3n) is 4.83. The molecule has 3 rings (SSSR count). The van der Waals surface area contributed by atoms with Gasteiger partial charge in [0.25, 0.3) is 17.7 Å². The number of rotatable bonds is 7. The van der Waals surface area contributed by atoms with Crippen molar-refractivity contribution in [2.45, 2.75) is 33.3 Å². The summed E-state index contributed by atoms with van der Waals surface area (Å²) >= 11 is 0. The van der Waals surface area contributed by atoms with Crippen molar-refractivity contribution in [2.24, 2.45) is 5.92 Å². The molecule has 7 heteroatoms. The number of hydrogen-bond donors (Lipinski definition) is 1. The molecule has 156 valence electrons. The topological polar surface area (TPSA) is 92.8 Å². The van der Waals surface area contributed by atoms with E-state index in [4.69, 9.17) is 4.74 Å². The highest BCUT2D eigenvalue weighted by Crippen LogP contribution is 2.25. The molecule has 0 spiro atoms. The Kier molecular flexibility index (Phi) is 6.30. The third-order valence-corrected chi connectivity index (χ3v) is 4.83. The van der Waals surface area contributed by atoms with Gasteiger partial charge in [0.15, 0.2) is 6.10 Å². The molecule has 0 aromatic heterocycles. The molecular formula is C23H24N2O5. The normalized spacial score (nSPS) is 13.9. The number of anilines is 1. The molecule has 0 radical (unpaired) electrons. The monoisotopic (exact) mass is 408 g/mol. The number of nitrogens with zero attached hydrogens (tertiary/aromatic N) is 1. The molecule has 0 saturated carbocycles. The Morgan fingerprint density at radius 1 is 0.967 bits per heavy atom. The van der Waals surface area contributed by atoms with Gasteiger partial charge in [-0.2, -0.15) is 0 Å². The average Bonchev–Trinajstić information content (AvgIpc) is 2.96. The number of amides is 3. The zero-order valence-corrected chi connectivity index (χ0v) is 17.2. The van der Waals surface area contributed by atoms with Gasteiger partial charge in [-0.25, -0.2) is 4.79 Å². The Balaban J connectivity index is 1.68. The summed E-state index contributed by atoms with van der Waals surface area (Å²) in [6.07, 6.45) is -0.333. The number of para-hydroxylation sites is 1. The number of ether oxygens (including phenoxy) is 1. The number of hydrogen-bond acceptors (Lipinski definition) is 5. The summed E-state index contributed by atoms with van der Waals surface area (Å²) < 4.78 is 5.24. The van der Waals surface area contributed by atoms with E-state index in [0.29, 0.717) is 24.6 Å². The fraction of sp³-hybridized carbons (Fsp3) is 0.304. The molecule has 1 N–H and O–H groups in total. The van der Waals surface area contributed by atoms with Crippen molar-refractivity contribution in [3.63, 3.8) is 0 Å². The van der Waals surface area contributed by atoms with Crippen LogP contribution in [0.3, 0.4) is 0 Å². The highest BCUT2D eigenvalue weighted by Gasteiger charge is 2.36. The Bertz CT molecular complexity index is 984. The van der Waals surface area contributed by atoms with Crippen LogP contribution in [0.2, 0.25) is 0 Å². The molecule has 1 aliphatic heterocycles. The maximum Gasteiger partial charge on any atom is 0.338 e. The number of fused-ring (bicyclic) bond motifs is 1. The first kappa shape index (κ1) is 21.2. The summed E-state index contributed by atoms with van der Waals surface area (Å²) in [6.45, 7) is 5.83. The van der Waals surface area contributed by atoms with E-state index in [1.165, 1.54) is 30.0 Å². The van der Waals surface area contributed by atoms with Gasteiger partial charge in [0.1, 0.15) is 0 Å². The van der Waals surface area contributed by atoms with E-state index in [2.05, 4.69) is 5.32 Å². The van der Waals surface area contributed by atoms with E-state index >= 15 is 0 Å². The molecule has 7 nitrogen and oxygen atoms in total. The van der Waals surface area contributed by atoms with Crippen molar-refractivity contribution in [3.05, 3.63) is 65.2 Å². The summed E-state index contributed by atoms with van der Waals surface area (Å²) in [5.74, 6) is -1.63. The summed E-state index contributed by atoms with van der Waals surface area (Å²) in [5.41, 5.74) is 1.16. The standard InChI is InChI=1S/C23H24N2O5/c1-14(2)11-12-25-21(27)18-10-9-16(13-19(18)22(25)28)23(29)30-15(3)20(26)24-17-7-5-4-6-8-17/h4-10,13-15H,11-12H2,1-3H3,(H,24,26)/t15-/m1/s1. The zero-order chi connectivity index (χ0) is 21.8. The molecule has 2 aromatic rings. The van der Waals surface area contributed by atoms with Gasteiger partial charge in [-0.15, -0.1) is 0 Å². The minimum atomic E-state index is -1.04. The Morgan fingerprint density at radius 3 is 2.30 bits per heavy atom. The lowest BCUT2D eigenvalue weighted by molar-refractivity contribution is -0.123. The van der Waals surface area contributed by atoms with E-state index in [9.17, 15) is 19.2 Å². The van der Waals surface area contributed by atoms with Gasteiger partial charge in [-0.1, -0.05) is 32.0 Å². The third kappa shape index (κ3) is 4.56. The van der Waals surface area contributed by atoms with Crippen molar-refractivity contribution >= 4 is 29.4 Å². The number of esters is 1. The molecule has 3 amide bonds. The first-order chi connectivity index (χ1) is 14.3. The van der Waals surface area contributed by atoms with Crippen molar-refractivity contribution in [3.8, 4) is 0 Å². The maximum absolute atomic E-state index is 12.6. The quantitative estimate of drug-likeness (QED) is 0.559. The van der Waals surface area contributed by atoms with Crippen molar-refractivity contribution in [1.82, 2.24) is 4.90 Å². The highest BCUT2D eigenvalue weighted by molar-refractivity contribution is 6.22. The second kappa shape index (κ2) is 8.90. The summed E-state index contributed by atoms with van der Waals surface area (Å²) in [5, 5.41) is 2.66. The van der Waals surface area contributed by atoms with Gasteiger partial charge in [0, 0.05) is 12.2 Å². The number of carbonyl (C=O) groups excluding carboxylic acids is 4. The molecule has 0 aliphatic carbocycles. The van der Waals surface area contributed by atoms with Crippen LogP contribution < -0.4 is 5.32 Å². The SMILES string of the molecule is CC(C)CCN1C(=O)c2ccc(C(=O)O[C@H](C)C(=O)Nc3ccccc3)cc2C1=O. The van der Waals surface area contributed by atoms with Crippen LogP contribution >= 0.6 is 0 Å². The van der Waals surface area contributed by atoms with E-state index in [-0.39, 0.29) is 22.6 Å². The molecule has 0 fully saturated rings. The van der Waals surface area contributed by atoms with Crippen LogP contribution in [-0.2, 0) is 9.53 Å². The first-order valence-electron chi connectivity index (χ1n) is 9.85. The second-order valence-electron chi connectivity index (χ2n) is 7.61. The van der Waals surface area contributed by atoms with Gasteiger partial charge in [-0.05, 0) is 49.6 Å². The number of imide groups is 1. The second-order valence-corrected chi connectivity index (χ2v) is 7.61. The molecule has 30 heavy (non-hydrogen) atoms.